The highest BCUT2D eigenvalue weighted by atomic mass is 15.1. The van der Waals surface area contributed by atoms with Crippen molar-refractivity contribution < 1.29 is 0 Å². The van der Waals surface area contributed by atoms with Gasteiger partial charge in [-0.2, -0.15) is 0 Å². The number of hydrogen-bond acceptors (Lipinski definition) is 1. The van der Waals surface area contributed by atoms with Crippen molar-refractivity contribution in [2.75, 3.05) is 13.6 Å². The van der Waals surface area contributed by atoms with Crippen LogP contribution in [-0.2, 0) is 0 Å². The highest BCUT2D eigenvalue weighted by molar-refractivity contribution is 4.79. The zero-order valence-electron chi connectivity index (χ0n) is 15.5. The highest BCUT2D eigenvalue weighted by Gasteiger charge is 2.24. The molecule has 1 fully saturated rings. The predicted molar refractivity (Wildman–Crippen MR) is 95.8 cm³/mol. The summed E-state index contributed by atoms with van der Waals surface area (Å²) in [4.78, 5) is 2.66. The Hall–Kier alpha value is -0.0400. The minimum Gasteiger partial charge on any atom is -0.303 e. The van der Waals surface area contributed by atoms with Crippen LogP contribution in [0.5, 0.6) is 0 Å². The molecule has 1 saturated carbocycles. The van der Waals surface area contributed by atoms with Crippen LogP contribution in [-0.4, -0.2) is 24.5 Å². The van der Waals surface area contributed by atoms with E-state index in [-0.39, 0.29) is 0 Å². The predicted octanol–water partition coefficient (Wildman–Crippen LogP) is 6.13. The van der Waals surface area contributed by atoms with Crippen LogP contribution >= 0.6 is 0 Å². The van der Waals surface area contributed by atoms with Crippen molar-refractivity contribution in [3.63, 3.8) is 0 Å². The van der Waals surface area contributed by atoms with E-state index in [0.717, 1.165) is 23.8 Å². The molecule has 2 atom stereocenters. The van der Waals surface area contributed by atoms with Crippen molar-refractivity contribution in [3.8, 4) is 0 Å². The van der Waals surface area contributed by atoms with Crippen LogP contribution in [0.15, 0.2) is 0 Å². The average molecular weight is 296 g/mol. The fourth-order valence-electron chi connectivity index (χ4n) is 4.07. The van der Waals surface area contributed by atoms with Gasteiger partial charge in [0.05, 0.1) is 0 Å². The molecule has 1 aliphatic rings. The molecule has 0 aromatic heterocycles. The summed E-state index contributed by atoms with van der Waals surface area (Å²) in [7, 11) is 2.37. The van der Waals surface area contributed by atoms with Crippen LogP contribution in [0.25, 0.3) is 0 Å². The van der Waals surface area contributed by atoms with Gasteiger partial charge >= 0.3 is 0 Å². The van der Waals surface area contributed by atoms with Crippen LogP contribution in [0.4, 0.5) is 0 Å². The normalized spacial score (nSPS) is 26.0. The molecule has 0 amide bonds. The third-order valence-corrected chi connectivity index (χ3v) is 5.86. The lowest BCUT2D eigenvalue weighted by Gasteiger charge is -2.35. The van der Waals surface area contributed by atoms with E-state index in [1.807, 2.05) is 0 Å². The molecule has 0 heterocycles. The van der Waals surface area contributed by atoms with Crippen molar-refractivity contribution in [2.24, 2.45) is 17.8 Å². The number of hydrogen-bond donors (Lipinski definition) is 0. The van der Waals surface area contributed by atoms with Gasteiger partial charge in [0, 0.05) is 6.04 Å². The van der Waals surface area contributed by atoms with Crippen molar-refractivity contribution in [1.82, 2.24) is 4.90 Å². The molecule has 0 saturated heterocycles. The molecule has 0 N–H and O–H groups in total. The molecule has 1 aliphatic carbocycles. The molecule has 1 rings (SSSR count). The molecule has 2 unspecified atom stereocenters. The molecule has 126 valence electrons. The van der Waals surface area contributed by atoms with Gasteiger partial charge in [-0.1, -0.05) is 47.0 Å². The summed E-state index contributed by atoms with van der Waals surface area (Å²) < 4.78 is 0. The molecule has 0 radical (unpaired) electrons. The fraction of sp³-hybridized carbons (Fsp3) is 1.00. The first-order valence-corrected chi connectivity index (χ1v) is 9.76. The summed E-state index contributed by atoms with van der Waals surface area (Å²) in [5, 5.41) is 0. The van der Waals surface area contributed by atoms with E-state index in [9.17, 15) is 0 Å². The summed E-state index contributed by atoms with van der Waals surface area (Å²) in [6.45, 7) is 10.8. The first kappa shape index (κ1) is 19.0. The van der Waals surface area contributed by atoms with Crippen LogP contribution in [0.2, 0.25) is 0 Å². The van der Waals surface area contributed by atoms with E-state index in [1.54, 1.807) is 0 Å². The van der Waals surface area contributed by atoms with E-state index in [4.69, 9.17) is 0 Å². The fourth-order valence-corrected chi connectivity index (χ4v) is 4.07. The van der Waals surface area contributed by atoms with Crippen LogP contribution < -0.4 is 0 Å². The van der Waals surface area contributed by atoms with Crippen molar-refractivity contribution in [3.05, 3.63) is 0 Å². The molecule has 1 nitrogen and oxygen atoms in total. The zero-order chi connectivity index (χ0) is 15.7. The lowest BCUT2D eigenvalue weighted by Crippen LogP contribution is -2.36. The second-order valence-electron chi connectivity index (χ2n) is 7.94. The Kier molecular flexibility index (Phi) is 9.64. The van der Waals surface area contributed by atoms with E-state index < -0.39 is 0 Å². The Morgan fingerprint density at radius 1 is 0.952 bits per heavy atom. The van der Waals surface area contributed by atoms with E-state index >= 15 is 0 Å². The Morgan fingerprint density at radius 3 is 2.19 bits per heavy atom. The second kappa shape index (κ2) is 10.6. The van der Waals surface area contributed by atoms with Gasteiger partial charge in [-0.25, -0.2) is 0 Å². The monoisotopic (exact) mass is 295 g/mol. The van der Waals surface area contributed by atoms with Crippen molar-refractivity contribution >= 4 is 0 Å². The zero-order valence-corrected chi connectivity index (χ0v) is 15.5. The lowest BCUT2D eigenvalue weighted by atomic mass is 9.80. The van der Waals surface area contributed by atoms with Crippen molar-refractivity contribution in [1.29, 1.82) is 0 Å². The molecule has 21 heavy (non-hydrogen) atoms. The molecule has 1 heteroatoms. The van der Waals surface area contributed by atoms with Gasteiger partial charge < -0.3 is 4.90 Å². The maximum Gasteiger partial charge on any atom is 0.00924 e. The number of rotatable bonds is 10. The van der Waals surface area contributed by atoms with Crippen LogP contribution in [0, 0.1) is 17.8 Å². The standard InChI is InChI=1S/C20H41N/c1-6-9-18(4)10-8-15-21(5)20-13-11-19(12-14-20)16-17(3)7-2/h17-20H,6-16H2,1-5H3. The van der Waals surface area contributed by atoms with Gasteiger partial charge in [0.2, 0.25) is 0 Å². The molecular formula is C20H41N. The summed E-state index contributed by atoms with van der Waals surface area (Å²) in [5.41, 5.74) is 0. The quantitative estimate of drug-likeness (QED) is 0.468. The molecular weight excluding hydrogens is 254 g/mol. The van der Waals surface area contributed by atoms with Crippen molar-refractivity contribution in [2.45, 2.75) is 97.9 Å². The Bertz CT molecular complexity index is 242. The molecule has 0 spiro atoms. The van der Waals surface area contributed by atoms with Gasteiger partial charge in [0.25, 0.3) is 0 Å². The first-order valence-electron chi connectivity index (χ1n) is 9.76. The maximum absolute atomic E-state index is 2.66. The van der Waals surface area contributed by atoms with E-state index in [2.05, 4.69) is 39.6 Å². The summed E-state index contributed by atoms with van der Waals surface area (Å²) in [6.07, 6.45) is 14.2. The molecule has 0 aromatic rings. The van der Waals surface area contributed by atoms with Gasteiger partial charge in [-0.15, -0.1) is 0 Å². The SMILES string of the molecule is CCCC(C)CCCN(C)C1CCC(CC(C)CC)CC1. The summed E-state index contributed by atoms with van der Waals surface area (Å²) in [6, 6.07) is 0.875. The third-order valence-electron chi connectivity index (χ3n) is 5.86. The molecule has 0 aliphatic heterocycles. The van der Waals surface area contributed by atoms with Gasteiger partial charge in [-0.3, -0.25) is 0 Å². The largest absolute Gasteiger partial charge is 0.303 e. The molecule has 0 aromatic carbocycles. The Balaban J connectivity index is 2.15. The van der Waals surface area contributed by atoms with E-state index in [1.165, 1.54) is 70.8 Å². The van der Waals surface area contributed by atoms with Crippen LogP contribution in [0.3, 0.4) is 0 Å². The minimum atomic E-state index is 0.875. The summed E-state index contributed by atoms with van der Waals surface area (Å²) in [5.74, 6) is 2.88. The smallest absolute Gasteiger partial charge is 0.00924 e. The van der Waals surface area contributed by atoms with Gasteiger partial charge in [-0.05, 0) is 76.3 Å². The second-order valence-corrected chi connectivity index (χ2v) is 7.94. The molecule has 0 bridgehead atoms. The Morgan fingerprint density at radius 2 is 1.62 bits per heavy atom. The third kappa shape index (κ3) is 7.68. The maximum atomic E-state index is 2.66. The van der Waals surface area contributed by atoms with Gasteiger partial charge in [0.1, 0.15) is 0 Å². The average Bonchev–Trinajstić information content (AvgIpc) is 2.48. The lowest BCUT2D eigenvalue weighted by molar-refractivity contribution is 0.151. The highest BCUT2D eigenvalue weighted by Crippen LogP contribution is 2.32. The topological polar surface area (TPSA) is 3.24 Å². The Labute approximate surface area is 134 Å². The number of nitrogens with zero attached hydrogens (tertiary/aromatic N) is 1. The minimum absolute atomic E-state index is 0.875. The summed E-state index contributed by atoms with van der Waals surface area (Å²) >= 11 is 0. The van der Waals surface area contributed by atoms with E-state index in [0.29, 0.717) is 0 Å². The first-order chi connectivity index (χ1) is 10.1. The van der Waals surface area contributed by atoms with Gasteiger partial charge in [0.15, 0.2) is 0 Å². The van der Waals surface area contributed by atoms with Crippen LogP contribution in [0.1, 0.15) is 91.9 Å².